The second-order valence-electron chi connectivity index (χ2n) is 5.21. The van der Waals surface area contributed by atoms with Crippen molar-refractivity contribution < 1.29 is 9.53 Å². The van der Waals surface area contributed by atoms with Gasteiger partial charge in [0, 0.05) is 11.1 Å². The summed E-state index contributed by atoms with van der Waals surface area (Å²) in [6.45, 7) is 2.13. The number of ether oxygens (including phenoxy) is 1. The second kappa shape index (κ2) is 8.10. The van der Waals surface area contributed by atoms with Crippen molar-refractivity contribution in [1.29, 1.82) is 0 Å². The van der Waals surface area contributed by atoms with Gasteiger partial charge in [-0.15, -0.1) is 11.3 Å². The van der Waals surface area contributed by atoms with Crippen molar-refractivity contribution in [2.24, 2.45) is 0 Å². The van der Waals surface area contributed by atoms with Crippen molar-refractivity contribution in [3.8, 4) is 0 Å². The van der Waals surface area contributed by atoms with Crippen molar-refractivity contribution >= 4 is 50.8 Å². The molecule has 0 unspecified atom stereocenters. The van der Waals surface area contributed by atoms with Crippen LogP contribution in [0.2, 0.25) is 5.02 Å². The van der Waals surface area contributed by atoms with E-state index in [1.807, 2.05) is 54.6 Å². The van der Waals surface area contributed by atoms with Crippen molar-refractivity contribution in [1.82, 2.24) is 4.98 Å². The summed E-state index contributed by atoms with van der Waals surface area (Å²) in [7, 11) is 0. The monoisotopic (exact) mass is 369 g/mol. The van der Waals surface area contributed by atoms with E-state index < -0.39 is 0 Å². The molecule has 1 aromatic heterocycles. The van der Waals surface area contributed by atoms with Crippen LogP contribution in [0.4, 0.5) is 0 Å². The molecule has 0 aliphatic carbocycles. The van der Waals surface area contributed by atoms with Gasteiger partial charge in [0.2, 0.25) is 0 Å². The van der Waals surface area contributed by atoms with Gasteiger partial charge >= 0.3 is 5.97 Å². The summed E-state index contributed by atoms with van der Waals surface area (Å²) < 4.78 is 6.08. The molecule has 0 fully saturated rings. The third-order valence-electron chi connectivity index (χ3n) is 3.45. The van der Waals surface area contributed by atoms with Crippen LogP contribution in [0, 0.1) is 0 Å². The molecule has 0 amide bonds. The Balaban J connectivity index is 1.99. The van der Waals surface area contributed by atoms with Gasteiger partial charge in [-0.25, -0.2) is 9.78 Å². The van der Waals surface area contributed by atoms with Crippen LogP contribution >= 0.6 is 22.9 Å². The van der Waals surface area contributed by atoms with Gasteiger partial charge in [0.05, 0.1) is 16.8 Å². The number of para-hydroxylation sites is 1. The number of hydrogen-bond acceptors (Lipinski definition) is 4. The molecule has 0 N–H and O–H groups in total. The van der Waals surface area contributed by atoms with E-state index >= 15 is 0 Å². The van der Waals surface area contributed by atoms with Crippen LogP contribution in [0.1, 0.15) is 17.5 Å². The van der Waals surface area contributed by atoms with E-state index in [-0.39, 0.29) is 5.97 Å². The molecule has 2 aromatic carbocycles. The lowest BCUT2D eigenvalue weighted by atomic mass is 10.1. The number of hydrogen-bond donors (Lipinski definition) is 0. The van der Waals surface area contributed by atoms with E-state index in [1.54, 1.807) is 24.3 Å². The Morgan fingerprint density at radius 2 is 1.92 bits per heavy atom. The van der Waals surface area contributed by atoms with Crippen molar-refractivity contribution in [3.05, 3.63) is 76.3 Å². The van der Waals surface area contributed by atoms with Gasteiger partial charge in [-0.1, -0.05) is 35.9 Å². The van der Waals surface area contributed by atoms with Crippen LogP contribution in [0.5, 0.6) is 0 Å². The highest BCUT2D eigenvalue weighted by Gasteiger charge is 2.05. The maximum absolute atomic E-state index is 11.7. The molecule has 0 atom stereocenters. The molecule has 3 nitrogen and oxygen atoms in total. The van der Waals surface area contributed by atoms with Gasteiger partial charge in [-0.2, -0.15) is 0 Å². The zero-order valence-corrected chi connectivity index (χ0v) is 15.2. The predicted molar refractivity (Wildman–Crippen MR) is 105 cm³/mol. The fourth-order valence-corrected chi connectivity index (χ4v) is 3.35. The molecular weight excluding hydrogens is 354 g/mol. The average molecular weight is 370 g/mol. The summed E-state index contributed by atoms with van der Waals surface area (Å²) >= 11 is 7.58. The first-order valence-electron chi connectivity index (χ1n) is 7.84. The zero-order chi connectivity index (χ0) is 17.6. The number of halogens is 1. The molecule has 0 radical (unpaired) electrons. The normalized spacial score (nSPS) is 12.0. The first-order valence-corrected chi connectivity index (χ1v) is 9.03. The Labute approximate surface area is 155 Å². The summed E-state index contributed by atoms with van der Waals surface area (Å²) in [5.74, 6) is -0.369. The summed E-state index contributed by atoms with van der Waals surface area (Å²) in [6.07, 6.45) is 5.13. The number of aromatic nitrogens is 1. The molecule has 0 aliphatic heterocycles. The van der Waals surface area contributed by atoms with E-state index in [4.69, 9.17) is 16.3 Å². The molecule has 0 bridgehead atoms. The summed E-state index contributed by atoms with van der Waals surface area (Å²) in [5, 5.41) is 1.54. The van der Waals surface area contributed by atoms with E-state index in [0.29, 0.717) is 11.6 Å². The van der Waals surface area contributed by atoms with Gasteiger partial charge in [0.1, 0.15) is 5.01 Å². The molecule has 126 valence electrons. The lowest BCUT2D eigenvalue weighted by Gasteiger charge is -2.03. The quantitative estimate of drug-likeness (QED) is 0.333. The summed E-state index contributed by atoms with van der Waals surface area (Å²) in [5.41, 5.74) is 2.77. The lowest BCUT2D eigenvalue weighted by molar-refractivity contribution is -0.137. The Hall–Kier alpha value is -2.43. The number of benzene rings is 2. The standard InChI is InChI=1S/C20H16ClNO2S/c1-2-24-20(23)12-9-15(14-7-10-16(21)11-8-14)13-19-22-17-5-3-4-6-18(17)25-19/h3-13H,2H2,1H3/b12-9+,15-13-. The van der Waals surface area contributed by atoms with Crippen LogP contribution in [0.15, 0.2) is 60.7 Å². The maximum atomic E-state index is 11.7. The molecule has 0 aliphatic rings. The number of rotatable bonds is 5. The minimum Gasteiger partial charge on any atom is -0.463 e. The smallest absolute Gasteiger partial charge is 0.330 e. The van der Waals surface area contributed by atoms with E-state index in [9.17, 15) is 4.79 Å². The minimum absolute atomic E-state index is 0.348. The highest BCUT2D eigenvalue weighted by Crippen LogP contribution is 2.27. The number of thiazole rings is 1. The topological polar surface area (TPSA) is 39.2 Å². The summed E-state index contributed by atoms with van der Waals surface area (Å²) in [4.78, 5) is 16.3. The number of carbonyl (C=O) groups is 1. The van der Waals surface area contributed by atoms with E-state index in [2.05, 4.69) is 4.98 Å². The van der Waals surface area contributed by atoms with Gasteiger partial charge in [0.25, 0.3) is 0 Å². The predicted octanol–water partition coefficient (Wildman–Crippen LogP) is 5.61. The SMILES string of the molecule is CCOC(=O)/C=C/C(=C/c1nc2ccccc2s1)c1ccc(Cl)cc1. The Morgan fingerprint density at radius 3 is 2.64 bits per heavy atom. The van der Waals surface area contributed by atoms with Crippen LogP contribution in [0.25, 0.3) is 21.9 Å². The molecular formula is C20H16ClNO2S. The average Bonchev–Trinajstić information content (AvgIpc) is 3.02. The third-order valence-corrected chi connectivity index (χ3v) is 4.69. The van der Waals surface area contributed by atoms with Crippen molar-refractivity contribution in [2.75, 3.05) is 6.61 Å². The molecule has 25 heavy (non-hydrogen) atoms. The number of carbonyl (C=O) groups excluding carboxylic acids is 1. The van der Waals surface area contributed by atoms with Gasteiger partial charge in [0.15, 0.2) is 0 Å². The van der Waals surface area contributed by atoms with Crippen molar-refractivity contribution in [3.63, 3.8) is 0 Å². The Bertz CT molecular complexity index is 909. The number of nitrogens with zero attached hydrogens (tertiary/aromatic N) is 1. The molecule has 1 heterocycles. The minimum atomic E-state index is -0.369. The highest BCUT2D eigenvalue weighted by molar-refractivity contribution is 7.19. The molecule has 0 saturated carbocycles. The molecule has 0 spiro atoms. The summed E-state index contributed by atoms with van der Waals surface area (Å²) in [6, 6.07) is 15.5. The lowest BCUT2D eigenvalue weighted by Crippen LogP contribution is -1.99. The molecule has 3 aromatic rings. The number of allylic oxidation sites excluding steroid dienone is 2. The van der Waals surface area contributed by atoms with E-state index in [0.717, 1.165) is 26.4 Å². The third kappa shape index (κ3) is 4.56. The van der Waals surface area contributed by atoms with Crippen LogP contribution in [-0.2, 0) is 9.53 Å². The van der Waals surface area contributed by atoms with E-state index in [1.165, 1.54) is 6.08 Å². The first-order chi connectivity index (χ1) is 12.2. The van der Waals surface area contributed by atoms with Gasteiger partial charge in [-0.3, -0.25) is 0 Å². The van der Waals surface area contributed by atoms with Gasteiger partial charge in [-0.05, 0) is 54.5 Å². The number of fused-ring (bicyclic) bond motifs is 1. The fraction of sp³-hybridized carbons (Fsp3) is 0.100. The van der Waals surface area contributed by atoms with Gasteiger partial charge < -0.3 is 4.74 Å². The first kappa shape index (κ1) is 17.4. The number of esters is 1. The van der Waals surface area contributed by atoms with Crippen LogP contribution < -0.4 is 0 Å². The Kier molecular flexibility index (Phi) is 5.64. The molecule has 3 rings (SSSR count). The second-order valence-corrected chi connectivity index (χ2v) is 6.71. The Morgan fingerprint density at radius 1 is 1.16 bits per heavy atom. The maximum Gasteiger partial charge on any atom is 0.330 e. The highest BCUT2D eigenvalue weighted by atomic mass is 35.5. The van der Waals surface area contributed by atoms with Crippen molar-refractivity contribution in [2.45, 2.75) is 6.92 Å². The fourth-order valence-electron chi connectivity index (χ4n) is 2.30. The molecule has 5 heteroatoms. The molecule has 0 saturated heterocycles. The van der Waals surface area contributed by atoms with Crippen LogP contribution in [-0.4, -0.2) is 17.6 Å². The van der Waals surface area contributed by atoms with Crippen LogP contribution in [0.3, 0.4) is 0 Å². The largest absolute Gasteiger partial charge is 0.463 e. The zero-order valence-electron chi connectivity index (χ0n) is 13.6.